The minimum atomic E-state index is -0.773. The molecule has 0 aliphatic heterocycles. The Bertz CT molecular complexity index is 227. The third-order valence-electron chi connectivity index (χ3n) is 3.42. The first-order valence-corrected chi connectivity index (χ1v) is 5.80. The number of rotatable bonds is 4. The minimum Gasteiger partial charge on any atom is -0.459 e. The van der Waals surface area contributed by atoms with Crippen molar-refractivity contribution >= 4 is 5.97 Å². The van der Waals surface area contributed by atoms with Crippen LogP contribution in [0, 0.1) is 5.41 Å². The molecule has 15 heavy (non-hydrogen) atoms. The van der Waals surface area contributed by atoms with Crippen molar-refractivity contribution in [2.45, 2.75) is 58.5 Å². The van der Waals surface area contributed by atoms with Crippen molar-refractivity contribution in [3.8, 4) is 0 Å². The number of esters is 1. The Labute approximate surface area is 91.8 Å². The molecule has 0 bridgehead atoms. The summed E-state index contributed by atoms with van der Waals surface area (Å²) in [6.07, 6.45) is 5.09. The molecule has 0 atom stereocenters. The molecule has 0 heterocycles. The number of aliphatic hydroxyl groups excluding tert-OH is 1. The second-order valence-electron chi connectivity index (χ2n) is 5.18. The maximum atomic E-state index is 11.8. The molecule has 1 N–H and O–H groups in total. The van der Waals surface area contributed by atoms with Gasteiger partial charge in [-0.3, -0.25) is 4.79 Å². The summed E-state index contributed by atoms with van der Waals surface area (Å²) >= 11 is 0. The van der Waals surface area contributed by atoms with Gasteiger partial charge in [0.05, 0.1) is 12.0 Å². The quantitative estimate of drug-likeness (QED) is 0.730. The van der Waals surface area contributed by atoms with Crippen molar-refractivity contribution in [2.75, 3.05) is 6.61 Å². The fraction of sp³-hybridized carbons (Fsp3) is 0.917. The Morgan fingerprint density at radius 3 is 2.33 bits per heavy atom. The van der Waals surface area contributed by atoms with Crippen LogP contribution in [0.5, 0.6) is 0 Å². The van der Waals surface area contributed by atoms with E-state index >= 15 is 0 Å². The van der Waals surface area contributed by atoms with Gasteiger partial charge in [0.15, 0.2) is 0 Å². The molecule has 1 aliphatic rings. The second-order valence-corrected chi connectivity index (χ2v) is 5.18. The average Bonchev–Trinajstić information content (AvgIpc) is 2.67. The zero-order chi connectivity index (χ0) is 11.5. The molecular formula is C12H22O3. The van der Waals surface area contributed by atoms with E-state index in [2.05, 4.69) is 6.92 Å². The smallest absolute Gasteiger partial charge is 0.314 e. The Morgan fingerprint density at radius 2 is 1.93 bits per heavy atom. The van der Waals surface area contributed by atoms with Gasteiger partial charge < -0.3 is 9.84 Å². The van der Waals surface area contributed by atoms with E-state index in [-0.39, 0.29) is 18.2 Å². The molecule has 1 fully saturated rings. The first-order chi connectivity index (χ1) is 6.96. The van der Waals surface area contributed by atoms with Crippen LogP contribution in [0.2, 0.25) is 0 Å². The lowest BCUT2D eigenvalue weighted by Crippen LogP contribution is -2.39. The third-order valence-corrected chi connectivity index (χ3v) is 3.42. The van der Waals surface area contributed by atoms with Gasteiger partial charge in [-0.05, 0) is 46.0 Å². The second kappa shape index (κ2) is 4.52. The van der Waals surface area contributed by atoms with Crippen LogP contribution in [-0.4, -0.2) is 23.3 Å². The molecule has 88 valence electrons. The maximum Gasteiger partial charge on any atom is 0.314 e. The predicted molar refractivity (Wildman–Crippen MR) is 58.4 cm³/mol. The van der Waals surface area contributed by atoms with Gasteiger partial charge in [-0.15, -0.1) is 0 Å². The Kier molecular flexibility index (Phi) is 3.77. The van der Waals surface area contributed by atoms with Gasteiger partial charge in [-0.25, -0.2) is 0 Å². The molecule has 1 saturated carbocycles. The van der Waals surface area contributed by atoms with E-state index in [1.807, 2.05) is 0 Å². The summed E-state index contributed by atoms with van der Waals surface area (Å²) < 4.78 is 5.60. The summed E-state index contributed by atoms with van der Waals surface area (Å²) in [5.74, 6) is -0.270. The normalized spacial score (nSPS) is 20.3. The van der Waals surface area contributed by atoms with Crippen LogP contribution in [0.15, 0.2) is 0 Å². The lowest BCUT2D eigenvalue weighted by Gasteiger charge is -2.31. The number of aliphatic hydroxyl groups is 1. The Balaban J connectivity index is 2.63. The van der Waals surface area contributed by atoms with Crippen molar-refractivity contribution in [1.82, 2.24) is 0 Å². The van der Waals surface area contributed by atoms with Crippen LogP contribution in [0.4, 0.5) is 0 Å². The Hall–Kier alpha value is -0.570. The summed E-state index contributed by atoms with van der Waals surface area (Å²) in [7, 11) is 0. The van der Waals surface area contributed by atoms with Crippen molar-refractivity contribution in [3.05, 3.63) is 0 Å². The highest BCUT2D eigenvalue weighted by Crippen LogP contribution is 2.37. The molecule has 1 aliphatic carbocycles. The molecule has 3 nitrogen and oxygen atoms in total. The van der Waals surface area contributed by atoms with Crippen molar-refractivity contribution in [1.29, 1.82) is 0 Å². The fourth-order valence-corrected chi connectivity index (χ4v) is 1.95. The SMILES string of the molecule is CCC1(OC(=O)C(C)(C)CO)CCCC1. The van der Waals surface area contributed by atoms with Crippen molar-refractivity contribution < 1.29 is 14.6 Å². The van der Waals surface area contributed by atoms with E-state index in [0.29, 0.717) is 0 Å². The molecule has 0 amide bonds. The van der Waals surface area contributed by atoms with Crippen LogP contribution in [0.3, 0.4) is 0 Å². The van der Waals surface area contributed by atoms with E-state index in [9.17, 15) is 4.79 Å². The summed E-state index contributed by atoms with van der Waals surface area (Å²) in [5.41, 5.74) is -1.02. The van der Waals surface area contributed by atoms with Gasteiger partial charge in [0.1, 0.15) is 5.60 Å². The maximum absolute atomic E-state index is 11.8. The minimum absolute atomic E-state index is 0.161. The van der Waals surface area contributed by atoms with Gasteiger partial charge >= 0.3 is 5.97 Å². The Morgan fingerprint density at radius 1 is 1.40 bits per heavy atom. The van der Waals surface area contributed by atoms with Crippen LogP contribution in [0.25, 0.3) is 0 Å². The van der Waals surface area contributed by atoms with Crippen LogP contribution >= 0.6 is 0 Å². The van der Waals surface area contributed by atoms with Crippen LogP contribution in [0.1, 0.15) is 52.9 Å². The number of hydrogen-bond acceptors (Lipinski definition) is 3. The molecular weight excluding hydrogens is 192 g/mol. The lowest BCUT2D eigenvalue weighted by molar-refractivity contribution is -0.172. The van der Waals surface area contributed by atoms with Crippen molar-refractivity contribution in [3.63, 3.8) is 0 Å². The summed E-state index contributed by atoms with van der Waals surface area (Å²) in [5, 5.41) is 9.09. The van der Waals surface area contributed by atoms with Crippen molar-refractivity contribution in [2.24, 2.45) is 5.41 Å². The summed E-state index contributed by atoms with van der Waals surface area (Å²) in [6.45, 7) is 5.33. The topological polar surface area (TPSA) is 46.5 Å². The monoisotopic (exact) mass is 214 g/mol. The van der Waals surface area contributed by atoms with Gasteiger partial charge in [-0.1, -0.05) is 6.92 Å². The molecule has 0 spiro atoms. The number of ether oxygens (including phenoxy) is 1. The highest BCUT2D eigenvalue weighted by molar-refractivity contribution is 5.76. The molecule has 0 aromatic carbocycles. The van der Waals surface area contributed by atoms with Gasteiger partial charge in [0, 0.05) is 0 Å². The standard InChI is InChI=1S/C12H22O3/c1-4-12(7-5-6-8-12)15-10(14)11(2,3)9-13/h13H,4-9H2,1-3H3. The largest absolute Gasteiger partial charge is 0.459 e. The summed E-state index contributed by atoms with van der Waals surface area (Å²) in [4.78, 5) is 11.8. The number of carbonyl (C=O) groups excluding carboxylic acids is 1. The molecule has 3 heteroatoms. The first-order valence-electron chi connectivity index (χ1n) is 5.80. The zero-order valence-electron chi connectivity index (χ0n) is 10.0. The molecule has 1 rings (SSSR count). The third kappa shape index (κ3) is 2.71. The average molecular weight is 214 g/mol. The van der Waals surface area contributed by atoms with Gasteiger partial charge in [0.25, 0.3) is 0 Å². The highest BCUT2D eigenvalue weighted by atomic mass is 16.6. The van der Waals surface area contributed by atoms with E-state index in [1.165, 1.54) is 0 Å². The van der Waals surface area contributed by atoms with E-state index in [4.69, 9.17) is 9.84 Å². The fourth-order valence-electron chi connectivity index (χ4n) is 1.95. The summed E-state index contributed by atoms with van der Waals surface area (Å²) in [6, 6.07) is 0. The molecule has 0 aromatic rings. The highest BCUT2D eigenvalue weighted by Gasteiger charge is 2.39. The van der Waals surface area contributed by atoms with E-state index in [1.54, 1.807) is 13.8 Å². The van der Waals surface area contributed by atoms with E-state index in [0.717, 1.165) is 32.1 Å². The molecule has 0 aromatic heterocycles. The molecule has 0 radical (unpaired) electrons. The number of carbonyl (C=O) groups is 1. The lowest BCUT2D eigenvalue weighted by atomic mass is 9.93. The van der Waals surface area contributed by atoms with Crippen LogP contribution in [-0.2, 0) is 9.53 Å². The first kappa shape index (κ1) is 12.5. The van der Waals surface area contributed by atoms with Gasteiger partial charge in [0.2, 0.25) is 0 Å². The zero-order valence-corrected chi connectivity index (χ0v) is 10.0. The van der Waals surface area contributed by atoms with E-state index < -0.39 is 5.41 Å². The predicted octanol–water partition coefficient (Wildman–Crippen LogP) is 2.27. The van der Waals surface area contributed by atoms with Gasteiger partial charge in [-0.2, -0.15) is 0 Å². The molecule has 0 saturated heterocycles. The molecule has 0 unspecified atom stereocenters. The number of hydrogen-bond donors (Lipinski definition) is 1. The van der Waals surface area contributed by atoms with Crippen LogP contribution < -0.4 is 0 Å².